The summed E-state index contributed by atoms with van der Waals surface area (Å²) in [5.41, 5.74) is 1.57. The van der Waals surface area contributed by atoms with Crippen LogP contribution in [0.25, 0.3) is 0 Å². The number of pyridine rings is 1. The zero-order valence-corrected chi connectivity index (χ0v) is 9.46. The fourth-order valence-corrected chi connectivity index (χ4v) is 2.57. The summed E-state index contributed by atoms with van der Waals surface area (Å²) in [7, 11) is 0. The lowest BCUT2D eigenvalue weighted by molar-refractivity contribution is 0.536. The normalized spacial score (nSPS) is 25.8. The monoisotopic (exact) mass is 209 g/mol. The highest BCUT2D eigenvalue weighted by Crippen LogP contribution is 2.55. The summed E-state index contributed by atoms with van der Waals surface area (Å²) in [6, 6.07) is 6.00. The third kappa shape index (κ3) is 2.09. The Morgan fingerprint density at radius 1 is 1.57 bits per heavy atom. The van der Waals surface area contributed by atoms with Crippen molar-refractivity contribution in [2.24, 2.45) is 11.3 Å². The Balaban J connectivity index is 1.93. The fraction of sp³-hybridized carbons (Fsp3) is 0.583. The molecule has 0 radical (unpaired) electrons. The van der Waals surface area contributed by atoms with E-state index < -0.39 is 0 Å². The number of hydrogen-bond acceptors (Lipinski definition) is 1. The summed E-state index contributed by atoms with van der Waals surface area (Å²) >= 11 is 6.36. The Labute approximate surface area is 90.5 Å². The van der Waals surface area contributed by atoms with Crippen LogP contribution in [0.5, 0.6) is 0 Å². The van der Waals surface area contributed by atoms with Crippen molar-refractivity contribution < 1.29 is 0 Å². The first-order valence-electron chi connectivity index (χ1n) is 5.13. The molecule has 0 spiro atoms. The molecule has 1 aliphatic rings. The predicted octanol–water partition coefficient (Wildman–Crippen LogP) is 3.28. The van der Waals surface area contributed by atoms with E-state index in [2.05, 4.69) is 18.8 Å². The molecule has 0 bridgehead atoms. The van der Waals surface area contributed by atoms with Gasteiger partial charge in [0.05, 0.1) is 0 Å². The van der Waals surface area contributed by atoms with E-state index in [-0.39, 0.29) is 5.38 Å². The van der Waals surface area contributed by atoms with Gasteiger partial charge in [-0.05, 0) is 29.9 Å². The first-order valence-corrected chi connectivity index (χ1v) is 5.57. The number of halogens is 1. The lowest BCUT2D eigenvalue weighted by Crippen LogP contribution is -2.10. The molecule has 0 N–H and O–H groups in total. The van der Waals surface area contributed by atoms with Gasteiger partial charge >= 0.3 is 0 Å². The molecule has 0 aromatic carbocycles. The van der Waals surface area contributed by atoms with Crippen LogP contribution in [0.2, 0.25) is 0 Å². The van der Waals surface area contributed by atoms with Crippen LogP contribution in [-0.2, 0) is 6.42 Å². The van der Waals surface area contributed by atoms with E-state index in [9.17, 15) is 0 Å². The molecular formula is C12H16ClN. The Kier molecular flexibility index (Phi) is 2.52. The van der Waals surface area contributed by atoms with E-state index in [4.69, 9.17) is 11.6 Å². The van der Waals surface area contributed by atoms with Gasteiger partial charge in [-0.3, -0.25) is 4.98 Å². The minimum Gasteiger partial charge on any atom is -0.261 e. The number of rotatable bonds is 3. The quantitative estimate of drug-likeness (QED) is 0.697. The lowest BCUT2D eigenvalue weighted by Gasteiger charge is -2.10. The molecule has 14 heavy (non-hydrogen) atoms. The van der Waals surface area contributed by atoms with Crippen LogP contribution in [0, 0.1) is 11.3 Å². The van der Waals surface area contributed by atoms with Crippen molar-refractivity contribution >= 4 is 11.6 Å². The van der Waals surface area contributed by atoms with Gasteiger partial charge in [-0.15, -0.1) is 11.6 Å². The van der Waals surface area contributed by atoms with Crippen molar-refractivity contribution in [2.75, 3.05) is 0 Å². The molecule has 2 unspecified atom stereocenters. The van der Waals surface area contributed by atoms with Crippen LogP contribution < -0.4 is 0 Å². The highest BCUT2D eigenvalue weighted by molar-refractivity contribution is 6.21. The Morgan fingerprint density at radius 3 is 2.79 bits per heavy atom. The van der Waals surface area contributed by atoms with Crippen LogP contribution in [0.1, 0.15) is 26.0 Å². The molecule has 1 aromatic rings. The average Bonchev–Trinajstić information content (AvgIpc) is 2.77. The van der Waals surface area contributed by atoms with Crippen molar-refractivity contribution in [3.8, 4) is 0 Å². The van der Waals surface area contributed by atoms with E-state index >= 15 is 0 Å². The largest absolute Gasteiger partial charge is 0.261 e. The van der Waals surface area contributed by atoms with Gasteiger partial charge in [-0.2, -0.15) is 0 Å². The topological polar surface area (TPSA) is 12.9 Å². The third-order valence-corrected chi connectivity index (χ3v) is 3.62. The van der Waals surface area contributed by atoms with Crippen molar-refractivity contribution in [3.63, 3.8) is 0 Å². The molecular weight excluding hydrogens is 194 g/mol. The first-order chi connectivity index (χ1) is 6.59. The summed E-state index contributed by atoms with van der Waals surface area (Å²) in [6.07, 6.45) is 3.99. The molecule has 1 nitrogen and oxygen atoms in total. The van der Waals surface area contributed by atoms with Gasteiger partial charge in [0.15, 0.2) is 0 Å². The number of nitrogens with zero attached hydrogens (tertiary/aromatic N) is 1. The van der Waals surface area contributed by atoms with Gasteiger partial charge in [0.25, 0.3) is 0 Å². The highest BCUT2D eigenvalue weighted by Gasteiger charge is 2.49. The molecule has 1 aromatic heterocycles. The van der Waals surface area contributed by atoms with Crippen LogP contribution in [0.3, 0.4) is 0 Å². The van der Waals surface area contributed by atoms with Crippen LogP contribution in [-0.4, -0.2) is 10.4 Å². The average molecular weight is 210 g/mol. The maximum absolute atomic E-state index is 6.36. The SMILES string of the molecule is CC1(C)CC1C(Cl)Cc1ccccn1. The number of aromatic nitrogens is 1. The van der Waals surface area contributed by atoms with Gasteiger partial charge < -0.3 is 0 Å². The molecule has 2 heteroatoms. The molecule has 1 aliphatic carbocycles. The summed E-state index contributed by atoms with van der Waals surface area (Å²) in [6.45, 7) is 4.57. The Morgan fingerprint density at radius 2 is 2.29 bits per heavy atom. The molecule has 1 heterocycles. The lowest BCUT2D eigenvalue weighted by atomic mass is 10.0. The van der Waals surface area contributed by atoms with E-state index in [0.29, 0.717) is 11.3 Å². The molecule has 0 amide bonds. The summed E-state index contributed by atoms with van der Waals surface area (Å²) in [4.78, 5) is 4.29. The molecule has 2 rings (SSSR count). The van der Waals surface area contributed by atoms with E-state index in [0.717, 1.165) is 12.1 Å². The number of hydrogen-bond donors (Lipinski definition) is 0. The molecule has 2 atom stereocenters. The molecule has 76 valence electrons. The van der Waals surface area contributed by atoms with Gasteiger partial charge in [0, 0.05) is 23.7 Å². The second kappa shape index (κ2) is 3.54. The van der Waals surface area contributed by atoms with E-state index in [1.807, 2.05) is 24.4 Å². The maximum Gasteiger partial charge on any atom is 0.0424 e. The summed E-state index contributed by atoms with van der Waals surface area (Å²) < 4.78 is 0. The minimum atomic E-state index is 0.250. The fourth-order valence-electron chi connectivity index (χ4n) is 1.99. The Hall–Kier alpha value is -0.560. The first kappa shape index (κ1) is 9.97. The maximum atomic E-state index is 6.36. The minimum absolute atomic E-state index is 0.250. The molecule has 0 saturated heterocycles. The zero-order valence-electron chi connectivity index (χ0n) is 8.70. The van der Waals surface area contributed by atoms with Crippen LogP contribution in [0.4, 0.5) is 0 Å². The predicted molar refractivity (Wildman–Crippen MR) is 59.5 cm³/mol. The third-order valence-electron chi connectivity index (χ3n) is 3.16. The van der Waals surface area contributed by atoms with Crippen LogP contribution in [0.15, 0.2) is 24.4 Å². The van der Waals surface area contributed by atoms with Crippen molar-refractivity contribution in [1.82, 2.24) is 4.98 Å². The molecule has 1 fully saturated rings. The molecule has 1 saturated carbocycles. The van der Waals surface area contributed by atoms with Gasteiger partial charge in [-0.1, -0.05) is 19.9 Å². The van der Waals surface area contributed by atoms with Gasteiger partial charge in [0.2, 0.25) is 0 Å². The smallest absolute Gasteiger partial charge is 0.0424 e. The van der Waals surface area contributed by atoms with Crippen LogP contribution >= 0.6 is 11.6 Å². The van der Waals surface area contributed by atoms with Gasteiger partial charge in [0.1, 0.15) is 0 Å². The summed E-state index contributed by atoms with van der Waals surface area (Å²) in [5.74, 6) is 0.672. The van der Waals surface area contributed by atoms with Crippen molar-refractivity contribution in [2.45, 2.75) is 32.1 Å². The van der Waals surface area contributed by atoms with E-state index in [1.165, 1.54) is 6.42 Å². The van der Waals surface area contributed by atoms with Gasteiger partial charge in [-0.25, -0.2) is 0 Å². The Bertz CT molecular complexity index is 307. The van der Waals surface area contributed by atoms with Crippen molar-refractivity contribution in [3.05, 3.63) is 30.1 Å². The second-order valence-corrected chi connectivity index (χ2v) is 5.40. The second-order valence-electron chi connectivity index (χ2n) is 4.84. The zero-order chi connectivity index (χ0) is 10.2. The molecule has 0 aliphatic heterocycles. The summed E-state index contributed by atoms with van der Waals surface area (Å²) in [5, 5.41) is 0.250. The number of alkyl halides is 1. The van der Waals surface area contributed by atoms with Crippen molar-refractivity contribution in [1.29, 1.82) is 0 Å². The standard InChI is InChI=1S/C12H16ClN/c1-12(2)8-10(12)11(13)7-9-5-3-4-6-14-9/h3-6,10-11H,7-8H2,1-2H3. The van der Waals surface area contributed by atoms with E-state index in [1.54, 1.807) is 0 Å². The highest BCUT2D eigenvalue weighted by atomic mass is 35.5.